The Labute approximate surface area is 292 Å². The zero-order valence-electron chi connectivity index (χ0n) is 31.4. The maximum atomic E-state index is 12.6. The van der Waals surface area contributed by atoms with Crippen molar-refractivity contribution in [2.45, 2.75) is 162 Å². The van der Waals surface area contributed by atoms with Gasteiger partial charge in [-0.3, -0.25) is 14.5 Å². The second-order valence-electron chi connectivity index (χ2n) is 19.2. The Morgan fingerprint density at radius 1 is 1.02 bits per heavy atom. The molecule has 2 spiro atoms. The number of carbonyl (C=O) groups excluding carboxylic acids is 1. The summed E-state index contributed by atoms with van der Waals surface area (Å²) in [5.74, 6) is 0.0786. The first-order chi connectivity index (χ1) is 22.7. The highest BCUT2D eigenvalue weighted by molar-refractivity contribution is 5.72. The van der Waals surface area contributed by atoms with Crippen molar-refractivity contribution >= 4 is 11.9 Å². The van der Waals surface area contributed by atoms with Crippen LogP contribution in [-0.2, 0) is 28.5 Å². The highest BCUT2D eigenvalue weighted by Gasteiger charge is 2.84. The van der Waals surface area contributed by atoms with Gasteiger partial charge in [0.2, 0.25) is 0 Å². The van der Waals surface area contributed by atoms with Crippen LogP contribution in [0.5, 0.6) is 0 Å². The summed E-state index contributed by atoms with van der Waals surface area (Å²) < 4.78 is 25.3. The molecule has 2 aliphatic heterocycles. The normalized spacial score (nSPS) is 50.1. The number of morpholine rings is 1. The van der Waals surface area contributed by atoms with Crippen LogP contribution in [0.2, 0.25) is 0 Å². The molecule has 0 aromatic rings. The topological polar surface area (TPSA) is 135 Å². The zero-order chi connectivity index (χ0) is 35.7. The minimum Gasteiger partial charge on any atom is -0.480 e. The minimum absolute atomic E-state index is 0.0407. The molecule has 0 aromatic carbocycles. The van der Waals surface area contributed by atoms with Gasteiger partial charge in [-0.1, -0.05) is 34.6 Å². The van der Waals surface area contributed by atoms with Crippen molar-refractivity contribution in [1.29, 1.82) is 0 Å². The standard InChI is InChI=1S/C39H63NO9/c1-21-18-24(32(35(6,7)45)47-23(3)41)48-30-29(21)36(8)14-15-39-20-38(39)13-12-27(49-28-19-40(16-17-46-28)22(2)33(43)44)34(4,5)25(38)10-11-26(39)37(36,9)31(30)42/h21-22,24-32,42,45H,10-20H2,1-9H3,(H,43,44)/t21-,22?,24?,25+,26?,27+,28?,29+,30?,31+,32+,36?,37-,38?,39?/m1/s1. The highest BCUT2D eigenvalue weighted by Crippen LogP contribution is 2.89. The van der Waals surface area contributed by atoms with Gasteiger partial charge < -0.3 is 34.3 Å². The summed E-state index contributed by atoms with van der Waals surface area (Å²) in [5, 5.41) is 33.2. The molecule has 0 radical (unpaired) electrons. The Morgan fingerprint density at radius 2 is 1.69 bits per heavy atom. The molecule has 5 saturated carbocycles. The number of aliphatic carboxylic acids is 1. The maximum Gasteiger partial charge on any atom is 0.320 e. The van der Waals surface area contributed by atoms with Gasteiger partial charge in [-0.15, -0.1) is 0 Å². The Balaban J connectivity index is 1.12. The van der Waals surface area contributed by atoms with Crippen molar-refractivity contribution in [1.82, 2.24) is 4.90 Å². The molecule has 10 heteroatoms. The summed E-state index contributed by atoms with van der Waals surface area (Å²) in [7, 11) is 0. The Morgan fingerprint density at radius 3 is 2.35 bits per heavy atom. The number of hydrogen-bond acceptors (Lipinski definition) is 9. The average molecular weight is 690 g/mol. The highest BCUT2D eigenvalue weighted by atomic mass is 16.7. The number of rotatable bonds is 7. The zero-order valence-corrected chi connectivity index (χ0v) is 31.4. The van der Waals surface area contributed by atoms with Crippen LogP contribution in [0.1, 0.15) is 114 Å². The van der Waals surface area contributed by atoms with E-state index in [9.17, 15) is 24.9 Å². The van der Waals surface area contributed by atoms with E-state index in [4.69, 9.17) is 18.9 Å². The van der Waals surface area contributed by atoms with Crippen LogP contribution in [0.3, 0.4) is 0 Å². The van der Waals surface area contributed by atoms with E-state index >= 15 is 0 Å². The molecule has 5 aliphatic carbocycles. The van der Waals surface area contributed by atoms with Crippen molar-refractivity contribution in [3.05, 3.63) is 0 Å². The van der Waals surface area contributed by atoms with Crippen molar-refractivity contribution in [2.75, 3.05) is 19.7 Å². The molecule has 2 heterocycles. The molecule has 3 N–H and O–H groups in total. The summed E-state index contributed by atoms with van der Waals surface area (Å²) in [5.41, 5.74) is -1.30. The van der Waals surface area contributed by atoms with E-state index in [0.717, 1.165) is 32.1 Å². The monoisotopic (exact) mass is 689 g/mol. The predicted molar refractivity (Wildman–Crippen MR) is 181 cm³/mol. The number of ether oxygens (including phenoxy) is 4. The molecule has 49 heavy (non-hydrogen) atoms. The van der Waals surface area contributed by atoms with Crippen molar-refractivity contribution < 1.29 is 43.9 Å². The number of carbonyl (C=O) groups is 2. The summed E-state index contributed by atoms with van der Waals surface area (Å²) in [6.45, 7) is 19.8. The van der Waals surface area contributed by atoms with Crippen LogP contribution in [-0.4, -0.2) is 100 Å². The predicted octanol–water partition coefficient (Wildman–Crippen LogP) is 5.02. The number of hydrogen-bond donors (Lipinski definition) is 3. The third-order valence-electron chi connectivity index (χ3n) is 16.4. The first-order valence-corrected chi connectivity index (χ1v) is 19.2. The molecule has 0 aromatic heterocycles. The second kappa shape index (κ2) is 11.6. The molecule has 0 amide bonds. The summed E-state index contributed by atoms with van der Waals surface area (Å²) in [6.07, 6.45) is 5.72. The molecule has 278 valence electrons. The fourth-order valence-electron chi connectivity index (χ4n) is 14.0. The minimum atomic E-state index is -1.27. The number of aliphatic hydroxyl groups is 2. The number of carboxylic acid groups (broad SMARTS) is 1. The third-order valence-corrected chi connectivity index (χ3v) is 16.4. The van der Waals surface area contributed by atoms with E-state index in [1.54, 1.807) is 20.8 Å². The van der Waals surface area contributed by atoms with Gasteiger partial charge in [0, 0.05) is 18.9 Å². The molecular weight excluding hydrogens is 626 g/mol. The van der Waals surface area contributed by atoms with Gasteiger partial charge in [0.15, 0.2) is 12.4 Å². The molecule has 7 fully saturated rings. The first kappa shape index (κ1) is 36.1. The summed E-state index contributed by atoms with van der Waals surface area (Å²) in [4.78, 5) is 25.7. The van der Waals surface area contributed by atoms with Crippen LogP contribution >= 0.6 is 0 Å². The van der Waals surface area contributed by atoms with Gasteiger partial charge in [0.25, 0.3) is 0 Å². The fraction of sp³-hybridized carbons (Fsp3) is 0.949. The van der Waals surface area contributed by atoms with Crippen LogP contribution in [0.4, 0.5) is 0 Å². The smallest absolute Gasteiger partial charge is 0.320 e. The molecular formula is C39H63NO9. The maximum absolute atomic E-state index is 12.6. The second-order valence-corrected chi connectivity index (χ2v) is 19.2. The third kappa shape index (κ3) is 4.99. The largest absolute Gasteiger partial charge is 0.480 e. The van der Waals surface area contributed by atoms with E-state index in [1.807, 2.05) is 4.90 Å². The van der Waals surface area contributed by atoms with Crippen LogP contribution in [0, 0.1) is 50.7 Å². The number of aliphatic hydroxyl groups excluding tert-OH is 1. The van der Waals surface area contributed by atoms with Gasteiger partial charge in [-0.25, -0.2) is 0 Å². The van der Waals surface area contributed by atoms with Crippen molar-refractivity contribution in [2.24, 2.45) is 50.7 Å². The summed E-state index contributed by atoms with van der Waals surface area (Å²) in [6, 6.07) is -0.566. The number of carboxylic acids is 1. The number of esters is 1. The van der Waals surface area contributed by atoms with E-state index in [1.165, 1.54) is 19.8 Å². The summed E-state index contributed by atoms with van der Waals surface area (Å²) >= 11 is 0. The quantitative estimate of drug-likeness (QED) is 0.313. The van der Waals surface area contributed by atoms with Gasteiger partial charge in [-0.2, -0.15) is 0 Å². The Bertz CT molecular complexity index is 1330. The Hall–Kier alpha value is -1.30. The Kier molecular flexibility index (Phi) is 8.54. The average Bonchev–Trinajstić information content (AvgIpc) is 3.65. The molecule has 7 rings (SSSR count). The van der Waals surface area contributed by atoms with E-state index < -0.39 is 48.2 Å². The van der Waals surface area contributed by atoms with Crippen molar-refractivity contribution in [3.63, 3.8) is 0 Å². The lowest BCUT2D eigenvalue weighted by atomic mass is 9.41. The SMILES string of the molecule is CC(=O)O[C@@H](C1C[C@@H](C)[C@H]2C(O1)[C@H](O)[C@@]1(C)C3CC[C@H]4C(C)(C)[C@@H](OC5CN(C(C)C(=O)O)CCO5)CCC45CC35CCC21C)C(C)(C)O. The number of nitrogens with zero attached hydrogens (tertiary/aromatic N) is 1. The lowest BCUT2D eigenvalue weighted by Crippen LogP contribution is -2.60. The van der Waals surface area contributed by atoms with Gasteiger partial charge in [-0.05, 0) is 117 Å². The molecule has 2 saturated heterocycles. The lowest BCUT2D eigenvalue weighted by molar-refractivity contribution is -0.251. The van der Waals surface area contributed by atoms with Crippen LogP contribution in [0.25, 0.3) is 0 Å². The molecule has 15 atom stereocenters. The number of fused-ring (bicyclic) bond motifs is 4. The van der Waals surface area contributed by atoms with E-state index in [0.29, 0.717) is 38.0 Å². The van der Waals surface area contributed by atoms with Crippen LogP contribution in [0.15, 0.2) is 0 Å². The van der Waals surface area contributed by atoms with Gasteiger partial charge in [0.1, 0.15) is 6.04 Å². The molecule has 7 aliphatic rings. The van der Waals surface area contributed by atoms with E-state index in [-0.39, 0.29) is 51.1 Å². The van der Waals surface area contributed by atoms with Crippen LogP contribution < -0.4 is 0 Å². The van der Waals surface area contributed by atoms with E-state index in [2.05, 4.69) is 34.6 Å². The first-order valence-electron chi connectivity index (χ1n) is 19.2. The van der Waals surface area contributed by atoms with Gasteiger partial charge >= 0.3 is 11.9 Å². The molecule has 0 bridgehead atoms. The van der Waals surface area contributed by atoms with Crippen molar-refractivity contribution in [3.8, 4) is 0 Å². The molecule has 10 nitrogen and oxygen atoms in total. The van der Waals surface area contributed by atoms with Gasteiger partial charge in [0.05, 0.1) is 43.2 Å². The fourth-order valence-corrected chi connectivity index (χ4v) is 14.0. The molecule has 8 unspecified atom stereocenters. The lowest BCUT2D eigenvalue weighted by Gasteiger charge is -2.64.